The Hall–Kier alpha value is -3.20. The zero-order chi connectivity index (χ0) is 23.0. The van der Waals surface area contributed by atoms with Gasteiger partial charge in [0.15, 0.2) is 0 Å². The van der Waals surface area contributed by atoms with Gasteiger partial charge in [-0.15, -0.1) is 11.3 Å². The van der Waals surface area contributed by atoms with Gasteiger partial charge in [-0.2, -0.15) is 5.10 Å². The smallest absolute Gasteiger partial charge is 0.411 e. The highest BCUT2D eigenvalue weighted by molar-refractivity contribution is 7.13. The second kappa shape index (κ2) is 8.62. The molecular formula is C24H27N5O3S. The fourth-order valence-corrected chi connectivity index (χ4v) is 5.74. The number of thiazole rings is 1. The van der Waals surface area contributed by atoms with Crippen molar-refractivity contribution < 1.29 is 14.3 Å². The Bertz CT molecular complexity index is 1120. The molecule has 2 fully saturated rings. The van der Waals surface area contributed by atoms with Gasteiger partial charge in [-0.3, -0.25) is 14.8 Å². The van der Waals surface area contributed by atoms with Crippen molar-refractivity contribution in [1.82, 2.24) is 25.4 Å². The molecule has 2 aliphatic rings. The number of H-pyrrole nitrogens is 1. The third-order valence-electron chi connectivity index (χ3n) is 6.51. The predicted molar refractivity (Wildman–Crippen MR) is 125 cm³/mol. The number of carbonyl (C=O) groups is 2. The van der Waals surface area contributed by atoms with E-state index in [2.05, 4.69) is 32.6 Å². The van der Waals surface area contributed by atoms with Crippen LogP contribution in [-0.4, -0.2) is 49.8 Å². The number of ether oxygens (including phenoxy) is 1. The Morgan fingerprint density at radius 1 is 1.18 bits per heavy atom. The van der Waals surface area contributed by atoms with Gasteiger partial charge in [0.1, 0.15) is 16.3 Å². The maximum atomic E-state index is 12.8. The minimum absolute atomic E-state index is 0.0628. The lowest BCUT2D eigenvalue weighted by molar-refractivity contribution is 0.0663. The van der Waals surface area contributed by atoms with Gasteiger partial charge in [-0.05, 0) is 51.2 Å². The first kappa shape index (κ1) is 21.6. The van der Waals surface area contributed by atoms with Gasteiger partial charge in [0.2, 0.25) is 0 Å². The zero-order valence-corrected chi connectivity index (χ0v) is 19.5. The Labute approximate surface area is 196 Å². The van der Waals surface area contributed by atoms with Gasteiger partial charge in [0, 0.05) is 23.7 Å². The molecule has 33 heavy (non-hydrogen) atoms. The van der Waals surface area contributed by atoms with Gasteiger partial charge in [0.05, 0.1) is 11.7 Å². The lowest BCUT2D eigenvalue weighted by Crippen LogP contribution is -2.46. The predicted octanol–water partition coefficient (Wildman–Crippen LogP) is 4.55. The minimum Gasteiger partial charge on any atom is -0.441 e. The van der Waals surface area contributed by atoms with Crippen LogP contribution in [0.2, 0.25) is 0 Å². The molecule has 3 heterocycles. The largest absolute Gasteiger partial charge is 0.441 e. The molecule has 0 bridgehead atoms. The van der Waals surface area contributed by atoms with Crippen LogP contribution in [0.4, 0.5) is 4.79 Å². The van der Waals surface area contributed by atoms with Crippen molar-refractivity contribution >= 4 is 23.3 Å². The maximum absolute atomic E-state index is 12.8. The van der Waals surface area contributed by atoms with Crippen LogP contribution in [-0.2, 0) is 4.74 Å². The number of carbonyl (C=O) groups excluding carboxylic acids is 2. The first-order valence-electron chi connectivity index (χ1n) is 11.2. The highest BCUT2D eigenvalue weighted by Crippen LogP contribution is 2.44. The summed E-state index contributed by atoms with van der Waals surface area (Å²) in [6.45, 7) is 3.94. The van der Waals surface area contributed by atoms with Gasteiger partial charge >= 0.3 is 6.09 Å². The molecule has 0 spiro atoms. The van der Waals surface area contributed by atoms with Gasteiger partial charge < -0.3 is 10.1 Å². The Balaban J connectivity index is 1.22. The quantitative estimate of drug-likeness (QED) is 0.576. The summed E-state index contributed by atoms with van der Waals surface area (Å²) < 4.78 is 5.77. The molecule has 8 nitrogen and oxygen atoms in total. The zero-order valence-electron chi connectivity index (χ0n) is 18.7. The normalized spacial score (nSPS) is 24.5. The third-order valence-corrected chi connectivity index (χ3v) is 7.38. The van der Waals surface area contributed by atoms with Crippen molar-refractivity contribution in [1.29, 1.82) is 0 Å². The summed E-state index contributed by atoms with van der Waals surface area (Å²) in [6.07, 6.45) is 4.65. The van der Waals surface area contributed by atoms with Crippen molar-refractivity contribution in [2.75, 3.05) is 0 Å². The van der Waals surface area contributed by atoms with Crippen LogP contribution in [0.5, 0.6) is 0 Å². The van der Waals surface area contributed by atoms with E-state index < -0.39 is 5.60 Å². The van der Waals surface area contributed by atoms with E-state index in [1.165, 1.54) is 11.3 Å². The average molecular weight is 466 g/mol. The summed E-state index contributed by atoms with van der Waals surface area (Å²) in [7, 11) is 0. The molecule has 1 saturated heterocycles. The first-order chi connectivity index (χ1) is 15.9. The molecule has 1 aliphatic carbocycles. The molecule has 0 radical (unpaired) electrons. The standard InChI is InChI=1S/C24H27N5O3S/c1-24(2)20(15-6-4-3-5-7-15)29(23(31)32-24)17-10-8-16(9-11-17)26-21(30)19-14-33-22(27-19)18-12-13-25-28-18/h3-7,12-14,16-17,20H,8-11H2,1-2H3,(H,25,28)(H,26,30). The molecule has 2 amide bonds. The summed E-state index contributed by atoms with van der Waals surface area (Å²) in [5, 5.41) is 12.4. The van der Waals surface area contributed by atoms with Crippen molar-refractivity contribution in [3.63, 3.8) is 0 Å². The van der Waals surface area contributed by atoms with E-state index in [0.717, 1.165) is 41.9 Å². The summed E-state index contributed by atoms with van der Waals surface area (Å²) in [4.78, 5) is 31.9. The van der Waals surface area contributed by atoms with E-state index in [0.29, 0.717) is 5.69 Å². The first-order valence-corrected chi connectivity index (χ1v) is 12.1. The second-order valence-corrected chi connectivity index (χ2v) is 10.0. The Morgan fingerprint density at radius 2 is 1.94 bits per heavy atom. The molecular weight excluding hydrogens is 438 g/mol. The van der Waals surface area contributed by atoms with Crippen LogP contribution < -0.4 is 5.32 Å². The van der Waals surface area contributed by atoms with Crippen LogP contribution in [0.1, 0.15) is 61.6 Å². The molecule has 3 aromatic rings. The number of amides is 2. The summed E-state index contributed by atoms with van der Waals surface area (Å²) >= 11 is 1.41. The number of hydrogen-bond acceptors (Lipinski definition) is 6. The summed E-state index contributed by atoms with van der Waals surface area (Å²) in [6, 6.07) is 11.9. The molecule has 1 aromatic carbocycles. The number of cyclic esters (lactones) is 1. The fourth-order valence-electron chi connectivity index (χ4n) is 4.97. The SMILES string of the molecule is CC1(C)OC(=O)N(C2CCC(NC(=O)c3csc(-c4ccn[nH]4)n3)CC2)C1c1ccccc1. The topological polar surface area (TPSA) is 100 Å². The number of benzene rings is 1. The molecule has 172 valence electrons. The monoisotopic (exact) mass is 465 g/mol. The molecule has 9 heteroatoms. The number of aromatic nitrogens is 3. The molecule has 1 saturated carbocycles. The van der Waals surface area contributed by atoms with Crippen molar-refractivity contribution in [2.45, 2.75) is 63.3 Å². The van der Waals surface area contributed by atoms with E-state index in [1.54, 1.807) is 11.6 Å². The van der Waals surface area contributed by atoms with Crippen LogP contribution in [0, 0.1) is 0 Å². The number of rotatable bonds is 5. The summed E-state index contributed by atoms with van der Waals surface area (Å²) in [5.41, 5.74) is 1.70. The maximum Gasteiger partial charge on any atom is 0.411 e. The number of nitrogens with zero attached hydrogens (tertiary/aromatic N) is 3. The van der Waals surface area contributed by atoms with Gasteiger partial charge in [-0.25, -0.2) is 9.78 Å². The van der Waals surface area contributed by atoms with Crippen molar-refractivity contribution in [3.05, 3.63) is 59.2 Å². The molecule has 2 N–H and O–H groups in total. The highest BCUT2D eigenvalue weighted by Gasteiger charge is 2.51. The van der Waals surface area contributed by atoms with Crippen molar-refractivity contribution in [3.8, 4) is 10.7 Å². The molecule has 5 rings (SSSR count). The second-order valence-electron chi connectivity index (χ2n) is 9.18. The molecule has 1 atom stereocenters. The van der Waals surface area contributed by atoms with E-state index in [-0.39, 0.29) is 30.1 Å². The Morgan fingerprint density at radius 3 is 2.64 bits per heavy atom. The molecule has 1 aliphatic heterocycles. The van der Waals surface area contributed by atoms with E-state index in [1.807, 2.05) is 43.0 Å². The Kier molecular flexibility index (Phi) is 5.65. The van der Waals surface area contributed by atoms with E-state index in [4.69, 9.17) is 4.74 Å². The summed E-state index contributed by atoms with van der Waals surface area (Å²) in [5.74, 6) is -0.163. The lowest BCUT2D eigenvalue weighted by atomic mass is 9.86. The minimum atomic E-state index is -0.597. The van der Waals surface area contributed by atoms with Crippen LogP contribution in [0.25, 0.3) is 10.7 Å². The average Bonchev–Trinajstić information content (AvgIpc) is 3.53. The number of hydrogen-bond donors (Lipinski definition) is 2. The number of nitrogens with one attached hydrogen (secondary N) is 2. The molecule has 2 aromatic heterocycles. The number of aromatic amines is 1. The van der Waals surface area contributed by atoms with Crippen LogP contribution in [0.15, 0.2) is 48.0 Å². The highest BCUT2D eigenvalue weighted by atomic mass is 32.1. The van der Waals surface area contributed by atoms with Gasteiger partial charge in [0.25, 0.3) is 5.91 Å². The lowest BCUT2D eigenvalue weighted by Gasteiger charge is -2.38. The van der Waals surface area contributed by atoms with E-state index in [9.17, 15) is 9.59 Å². The van der Waals surface area contributed by atoms with Crippen LogP contribution in [0.3, 0.4) is 0 Å². The van der Waals surface area contributed by atoms with E-state index >= 15 is 0 Å². The van der Waals surface area contributed by atoms with Gasteiger partial charge in [-0.1, -0.05) is 30.3 Å². The third kappa shape index (κ3) is 4.25. The molecule has 1 unspecified atom stereocenters. The fraction of sp³-hybridized carbons (Fsp3) is 0.417. The van der Waals surface area contributed by atoms with Crippen molar-refractivity contribution in [2.24, 2.45) is 0 Å². The van der Waals surface area contributed by atoms with Crippen LogP contribution >= 0.6 is 11.3 Å².